The van der Waals surface area contributed by atoms with Gasteiger partial charge in [0.25, 0.3) is 0 Å². The Hall–Kier alpha value is -3.02. The summed E-state index contributed by atoms with van der Waals surface area (Å²) in [6.45, 7) is 5.03. The highest BCUT2D eigenvalue weighted by Crippen LogP contribution is 2.18. The predicted octanol–water partition coefficient (Wildman–Crippen LogP) is 3.92. The fourth-order valence-electron chi connectivity index (χ4n) is 3.07. The number of benzene rings is 1. The number of aromatic amines is 1. The molecule has 0 unspecified atom stereocenters. The molecule has 0 radical (unpaired) electrons. The molecule has 1 aromatic carbocycles. The van der Waals surface area contributed by atoms with E-state index in [2.05, 4.69) is 40.1 Å². The summed E-state index contributed by atoms with van der Waals surface area (Å²) >= 11 is 0. The number of H-pyrrole nitrogens is 1. The topological polar surface area (TPSA) is 72.3 Å². The highest BCUT2D eigenvalue weighted by molar-refractivity contribution is 5.75. The van der Waals surface area contributed by atoms with Gasteiger partial charge in [0.1, 0.15) is 17.3 Å². The Labute approximate surface area is 152 Å². The lowest BCUT2D eigenvalue weighted by molar-refractivity contribution is 0.550. The van der Waals surface area contributed by atoms with Crippen LogP contribution in [0.2, 0.25) is 0 Å². The number of unbranched alkanes of at least 4 members (excludes halogenated alkanes) is 1. The molecule has 1 N–H and O–H groups in total. The zero-order valence-corrected chi connectivity index (χ0v) is 15.1. The molecule has 0 bridgehead atoms. The molecule has 0 saturated heterocycles. The molecule has 3 aromatic heterocycles. The minimum Gasteiger partial charge on any atom is -0.342 e. The van der Waals surface area contributed by atoms with Gasteiger partial charge in [0.15, 0.2) is 5.82 Å². The molecule has 4 rings (SSSR count). The van der Waals surface area contributed by atoms with Crippen molar-refractivity contribution in [1.82, 2.24) is 29.7 Å². The zero-order chi connectivity index (χ0) is 17.9. The van der Waals surface area contributed by atoms with Gasteiger partial charge in [-0.1, -0.05) is 25.5 Å². The molecule has 0 spiro atoms. The third-order valence-corrected chi connectivity index (χ3v) is 4.39. The van der Waals surface area contributed by atoms with Gasteiger partial charge in [0.2, 0.25) is 0 Å². The van der Waals surface area contributed by atoms with Crippen LogP contribution in [0.5, 0.6) is 0 Å². The monoisotopic (exact) mass is 346 g/mol. The molecular formula is C20H22N6. The summed E-state index contributed by atoms with van der Waals surface area (Å²) in [6, 6.07) is 12.1. The SMILES string of the molecule is CCCCn1nc(-c2ccccn2)nc1Cc1ccc2nc(C)[nH]c2c1. The first-order chi connectivity index (χ1) is 12.7. The van der Waals surface area contributed by atoms with Crippen molar-refractivity contribution in [3.8, 4) is 11.5 Å². The van der Waals surface area contributed by atoms with Gasteiger partial charge in [0, 0.05) is 19.2 Å². The number of nitrogens with zero attached hydrogens (tertiary/aromatic N) is 5. The van der Waals surface area contributed by atoms with Crippen molar-refractivity contribution in [3.63, 3.8) is 0 Å². The average molecular weight is 346 g/mol. The molecule has 0 atom stereocenters. The Kier molecular flexibility index (Phi) is 4.48. The van der Waals surface area contributed by atoms with E-state index in [0.29, 0.717) is 5.82 Å². The maximum Gasteiger partial charge on any atom is 0.200 e. The van der Waals surface area contributed by atoms with Crippen molar-refractivity contribution < 1.29 is 0 Å². The van der Waals surface area contributed by atoms with Crippen LogP contribution in [0.25, 0.3) is 22.6 Å². The summed E-state index contributed by atoms with van der Waals surface area (Å²) < 4.78 is 2.02. The van der Waals surface area contributed by atoms with E-state index in [4.69, 9.17) is 10.1 Å². The van der Waals surface area contributed by atoms with E-state index in [-0.39, 0.29) is 0 Å². The van der Waals surface area contributed by atoms with E-state index < -0.39 is 0 Å². The van der Waals surface area contributed by atoms with Gasteiger partial charge in [-0.15, -0.1) is 5.10 Å². The molecule has 3 heterocycles. The Morgan fingerprint density at radius 1 is 1.12 bits per heavy atom. The number of hydrogen-bond donors (Lipinski definition) is 1. The maximum absolute atomic E-state index is 4.78. The van der Waals surface area contributed by atoms with Gasteiger partial charge >= 0.3 is 0 Å². The van der Waals surface area contributed by atoms with E-state index in [1.807, 2.05) is 29.8 Å². The van der Waals surface area contributed by atoms with Crippen LogP contribution in [0, 0.1) is 6.92 Å². The highest BCUT2D eigenvalue weighted by Gasteiger charge is 2.13. The molecule has 4 aromatic rings. The molecule has 26 heavy (non-hydrogen) atoms. The lowest BCUT2D eigenvalue weighted by atomic mass is 10.1. The first kappa shape index (κ1) is 16.4. The van der Waals surface area contributed by atoms with E-state index in [9.17, 15) is 0 Å². The quantitative estimate of drug-likeness (QED) is 0.574. The maximum atomic E-state index is 4.78. The lowest BCUT2D eigenvalue weighted by Crippen LogP contribution is -2.06. The summed E-state index contributed by atoms with van der Waals surface area (Å²) in [5, 5.41) is 4.70. The standard InChI is InChI=1S/C20H22N6/c1-3-4-11-26-19(24-20(25-26)17-7-5-6-10-21-17)13-15-8-9-16-18(12-15)23-14(2)22-16/h5-10,12H,3-4,11,13H2,1-2H3,(H,22,23). The Morgan fingerprint density at radius 3 is 2.85 bits per heavy atom. The van der Waals surface area contributed by atoms with Crippen molar-refractivity contribution in [2.24, 2.45) is 0 Å². The molecule has 0 amide bonds. The number of aryl methyl sites for hydroxylation is 2. The largest absolute Gasteiger partial charge is 0.342 e. The molecular weight excluding hydrogens is 324 g/mol. The molecule has 6 nitrogen and oxygen atoms in total. The fourth-order valence-corrected chi connectivity index (χ4v) is 3.07. The minimum absolute atomic E-state index is 0.690. The van der Waals surface area contributed by atoms with Crippen molar-refractivity contribution >= 4 is 11.0 Å². The van der Waals surface area contributed by atoms with Crippen LogP contribution in [0.4, 0.5) is 0 Å². The number of imidazole rings is 1. The molecule has 6 heteroatoms. The number of nitrogens with one attached hydrogen (secondary N) is 1. The van der Waals surface area contributed by atoms with Crippen LogP contribution in [0.3, 0.4) is 0 Å². The van der Waals surface area contributed by atoms with E-state index in [1.165, 1.54) is 5.56 Å². The summed E-state index contributed by atoms with van der Waals surface area (Å²) in [5.74, 6) is 2.59. The normalized spacial score (nSPS) is 11.3. The van der Waals surface area contributed by atoms with Gasteiger partial charge in [0.05, 0.1) is 11.0 Å². The molecule has 0 fully saturated rings. The van der Waals surface area contributed by atoms with Crippen molar-refractivity contribution in [2.45, 2.75) is 39.7 Å². The number of fused-ring (bicyclic) bond motifs is 1. The molecule has 0 aliphatic rings. The van der Waals surface area contributed by atoms with E-state index in [0.717, 1.165) is 54.2 Å². The second-order valence-electron chi connectivity index (χ2n) is 6.49. The number of hydrogen-bond acceptors (Lipinski definition) is 4. The predicted molar refractivity (Wildman–Crippen MR) is 102 cm³/mol. The fraction of sp³-hybridized carbons (Fsp3) is 0.300. The molecule has 0 saturated carbocycles. The van der Waals surface area contributed by atoms with Gasteiger partial charge < -0.3 is 4.98 Å². The van der Waals surface area contributed by atoms with Crippen LogP contribution >= 0.6 is 0 Å². The van der Waals surface area contributed by atoms with Crippen LogP contribution in [0.1, 0.15) is 37.0 Å². The van der Waals surface area contributed by atoms with E-state index >= 15 is 0 Å². The third kappa shape index (κ3) is 3.35. The summed E-state index contributed by atoms with van der Waals surface area (Å²) in [6.07, 6.45) is 4.71. The summed E-state index contributed by atoms with van der Waals surface area (Å²) in [7, 11) is 0. The smallest absolute Gasteiger partial charge is 0.200 e. The first-order valence-corrected chi connectivity index (χ1v) is 9.03. The third-order valence-electron chi connectivity index (χ3n) is 4.39. The van der Waals surface area contributed by atoms with Gasteiger partial charge in [-0.3, -0.25) is 4.98 Å². The van der Waals surface area contributed by atoms with Crippen molar-refractivity contribution in [2.75, 3.05) is 0 Å². The second kappa shape index (κ2) is 7.07. The Bertz CT molecular complexity index is 1020. The summed E-state index contributed by atoms with van der Waals surface area (Å²) in [5.41, 5.74) is 4.06. The van der Waals surface area contributed by atoms with Gasteiger partial charge in [-0.05, 0) is 43.2 Å². The summed E-state index contributed by atoms with van der Waals surface area (Å²) in [4.78, 5) is 16.9. The number of rotatable bonds is 6. The van der Waals surface area contributed by atoms with Crippen LogP contribution < -0.4 is 0 Å². The molecule has 0 aliphatic carbocycles. The lowest BCUT2D eigenvalue weighted by Gasteiger charge is -2.05. The molecule has 132 valence electrons. The highest BCUT2D eigenvalue weighted by atomic mass is 15.3. The van der Waals surface area contributed by atoms with Crippen LogP contribution in [0.15, 0.2) is 42.6 Å². The first-order valence-electron chi connectivity index (χ1n) is 9.03. The van der Waals surface area contributed by atoms with Gasteiger partial charge in [-0.25, -0.2) is 14.6 Å². The van der Waals surface area contributed by atoms with Crippen molar-refractivity contribution in [1.29, 1.82) is 0 Å². The van der Waals surface area contributed by atoms with Gasteiger partial charge in [-0.2, -0.15) is 0 Å². The Balaban J connectivity index is 1.67. The minimum atomic E-state index is 0.690. The van der Waals surface area contributed by atoms with Crippen LogP contribution in [-0.4, -0.2) is 29.7 Å². The van der Waals surface area contributed by atoms with Crippen LogP contribution in [-0.2, 0) is 13.0 Å². The zero-order valence-electron chi connectivity index (χ0n) is 15.1. The second-order valence-corrected chi connectivity index (χ2v) is 6.49. The molecule has 0 aliphatic heterocycles. The number of aromatic nitrogens is 6. The Morgan fingerprint density at radius 2 is 2.04 bits per heavy atom. The number of pyridine rings is 1. The van der Waals surface area contributed by atoms with E-state index in [1.54, 1.807) is 6.20 Å². The van der Waals surface area contributed by atoms with Crippen molar-refractivity contribution in [3.05, 3.63) is 59.8 Å². The average Bonchev–Trinajstić information content (AvgIpc) is 3.23.